The predicted octanol–water partition coefficient (Wildman–Crippen LogP) is 4.91. The third-order valence-electron chi connectivity index (χ3n) is 4.31. The molecular formula is C17H22ClN3. The summed E-state index contributed by atoms with van der Waals surface area (Å²) in [7, 11) is 0. The van der Waals surface area contributed by atoms with Crippen molar-refractivity contribution in [2.75, 3.05) is 11.9 Å². The maximum absolute atomic E-state index is 6.38. The number of para-hydroxylation sites is 1. The first-order valence-electron chi connectivity index (χ1n) is 7.85. The van der Waals surface area contributed by atoms with Gasteiger partial charge >= 0.3 is 0 Å². The van der Waals surface area contributed by atoms with Crippen LogP contribution >= 0.6 is 11.6 Å². The number of anilines is 1. The van der Waals surface area contributed by atoms with Crippen molar-refractivity contribution in [2.24, 2.45) is 5.92 Å². The number of aromatic nitrogens is 2. The zero-order chi connectivity index (χ0) is 14.5. The average molecular weight is 304 g/mol. The standard InChI is InChI=1S/C17H22ClN3/c18-15-8-5-9-16(17(15)21-11-10-19-13-21)20-12-14-6-3-1-2-4-7-14/h5,8-11,13-14,20H,1-4,6-7,12H2. The molecule has 4 heteroatoms. The Morgan fingerprint density at radius 2 is 2.00 bits per heavy atom. The molecule has 1 N–H and O–H groups in total. The molecule has 0 bridgehead atoms. The number of imidazole rings is 1. The molecule has 0 aliphatic heterocycles. The molecule has 2 aromatic rings. The van der Waals surface area contributed by atoms with Crippen LogP contribution in [-0.4, -0.2) is 16.1 Å². The van der Waals surface area contributed by atoms with Gasteiger partial charge in [-0.3, -0.25) is 0 Å². The second-order valence-electron chi connectivity index (χ2n) is 5.84. The Morgan fingerprint density at radius 1 is 1.19 bits per heavy atom. The van der Waals surface area contributed by atoms with Gasteiger partial charge in [-0.1, -0.05) is 43.4 Å². The van der Waals surface area contributed by atoms with E-state index < -0.39 is 0 Å². The largest absolute Gasteiger partial charge is 0.383 e. The fourth-order valence-electron chi connectivity index (χ4n) is 3.13. The van der Waals surface area contributed by atoms with Gasteiger partial charge in [0.1, 0.15) is 0 Å². The molecule has 0 spiro atoms. The highest BCUT2D eigenvalue weighted by molar-refractivity contribution is 6.33. The molecule has 1 aromatic carbocycles. The highest BCUT2D eigenvalue weighted by atomic mass is 35.5. The molecule has 0 amide bonds. The Hall–Kier alpha value is -1.48. The molecule has 0 atom stereocenters. The van der Waals surface area contributed by atoms with E-state index in [1.165, 1.54) is 38.5 Å². The number of rotatable bonds is 4. The van der Waals surface area contributed by atoms with Crippen LogP contribution < -0.4 is 5.32 Å². The average Bonchev–Trinajstić information content (AvgIpc) is 2.88. The summed E-state index contributed by atoms with van der Waals surface area (Å²) in [6.45, 7) is 1.03. The summed E-state index contributed by atoms with van der Waals surface area (Å²) >= 11 is 6.38. The lowest BCUT2D eigenvalue weighted by molar-refractivity contribution is 0.483. The van der Waals surface area contributed by atoms with E-state index in [0.717, 1.165) is 28.9 Å². The van der Waals surface area contributed by atoms with Gasteiger partial charge < -0.3 is 9.88 Å². The Morgan fingerprint density at radius 3 is 2.71 bits per heavy atom. The number of hydrogen-bond donors (Lipinski definition) is 1. The van der Waals surface area contributed by atoms with E-state index in [4.69, 9.17) is 11.6 Å². The number of nitrogens with zero attached hydrogens (tertiary/aromatic N) is 2. The van der Waals surface area contributed by atoms with Crippen LogP contribution in [0.2, 0.25) is 5.02 Å². The molecule has 0 unspecified atom stereocenters. The van der Waals surface area contributed by atoms with Crippen LogP contribution in [-0.2, 0) is 0 Å². The lowest BCUT2D eigenvalue weighted by Crippen LogP contribution is -2.15. The first kappa shape index (κ1) is 14.5. The van der Waals surface area contributed by atoms with Crippen LogP contribution in [0.25, 0.3) is 5.69 Å². The maximum atomic E-state index is 6.38. The second kappa shape index (κ2) is 6.99. The van der Waals surface area contributed by atoms with Gasteiger partial charge in [0.05, 0.1) is 22.7 Å². The maximum Gasteiger partial charge on any atom is 0.0992 e. The van der Waals surface area contributed by atoms with Gasteiger partial charge in [0.25, 0.3) is 0 Å². The van der Waals surface area contributed by atoms with Gasteiger partial charge in [-0.2, -0.15) is 0 Å². The van der Waals surface area contributed by atoms with E-state index in [9.17, 15) is 0 Å². The normalized spacial score (nSPS) is 16.6. The molecule has 0 radical (unpaired) electrons. The Balaban J connectivity index is 1.74. The van der Waals surface area contributed by atoms with Gasteiger partial charge in [-0.05, 0) is 30.9 Å². The fraction of sp³-hybridized carbons (Fsp3) is 0.471. The highest BCUT2D eigenvalue weighted by Crippen LogP contribution is 2.29. The van der Waals surface area contributed by atoms with Gasteiger partial charge in [-0.15, -0.1) is 0 Å². The van der Waals surface area contributed by atoms with Crippen LogP contribution in [0.1, 0.15) is 38.5 Å². The summed E-state index contributed by atoms with van der Waals surface area (Å²) in [5, 5.41) is 4.36. The van der Waals surface area contributed by atoms with E-state index in [1.807, 2.05) is 22.9 Å². The van der Waals surface area contributed by atoms with Crippen LogP contribution in [0, 0.1) is 5.92 Å². The molecule has 1 aromatic heterocycles. The minimum Gasteiger partial charge on any atom is -0.383 e. The van der Waals surface area contributed by atoms with Gasteiger partial charge in [0, 0.05) is 18.9 Å². The van der Waals surface area contributed by atoms with Crippen molar-refractivity contribution in [3.05, 3.63) is 41.9 Å². The summed E-state index contributed by atoms with van der Waals surface area (Å²) < 4.78 is 1.97. The molecule has 0 saturated heterocycles. The van der Waals surface area contributed by atoms with Crippen LogP contribution in [0.3, 0.4) is 0 Å². The zero-order valence-corrected chi connectivity index (χ0v) is 13.0. The summed E-state index contributed by atoms with van der Waals surface area (Å²) in [4.78, 5) is 4.12. The Kier molecular flexibility index (Phi) is 4.81. The fourth-order valence-corrected chi connectivity index (χ4v) is 3.41. The lowest BCUT2D eigenvalue weighted by Gasteiger charge is -2.18. The molecule has 1 saturated carbocycles. The third kappa shape index (κ3) is 3.59. The zero-order valence-electron chi connectivity index (χ0n) is 12.3. The van der Waals surface area contributed by atoms with Crippen molar-refractivity contribution in [3.8, 4) is 5.69 Å². The van der Waals surface area contributed by atoms with Crippen molar-refractivity contribution >= 4 is 17.3 Å². The molecule has 112 valence electrons. The minimum absolute atomic E-state index is 0.749. The molecule has 3 rings (SSSR count). The van der Waals surface area contributed by atoms with Crippen LogP contribution in [0.5, 0.6) is 0 Å². The first-order valence-corrected chi connectivity index (χ1v) is 8.23. The van der Waals surface area contributed by atoms with Gasteiger partial charge in [0.15, 0.2) is 0 Å². The second-order valence-corrected chi connectivity index (χ2v) is 6.25. The Bertz CT molecular complexity index is 557. The predicted molar refractivity (Wildman–Crippen MR) is 88.3 cm³/mol. The number of halogens is 1. The Labute approximate surface area is 131 Å². The van der Waals surface area contributed by atoms with Crippen LogP contribution in [0.4, 0.5) is 5.69 Å². The number of hydrogen-bond acceptors (Lipinski definition) is 2. The van der Waals surface area contributed by atoms with Crippen molar-refractivity contribution in [1.82, 2.24) is 9.55 Å². The molecule has 3 nitrogen and oxygen atoms in total. The van der Waals surface area contributed by atoms with Crippen molar-refractivity contribution in [1.29, 1.82) is 0 Å². The highest BCUT2D eigenvalue weighted by Gasteiger charge is 2.14. The van der Waals surface area contributed by atoms with Gasteiger partial charge in [0.2, 0.25) is 0 Å². The van der Waals surface area contributed by atoms with Crippen molar-refractivity contribution in [3.63, 3.8) is 0 Å². The van der Waals surface area contributed by atoms with E-state index in [-0.39, 0.29) is 0 Å². The van der Waals surface area contributed by atoms with E-state index in [0.29, 0.717) is 0 Å². The van der Waals surface area contributed by atoms with Crippen molar-refractivity contribution < 1.29 is 0 Å². The molecule has 21 heavy (non-hydrogen) atoms. The topological polar surface area (TPSA) is 29.9 Å². The monoisotopic (exact) mass is 303 g/mol. The molecule has 1 aliphatic carbocycles. The third-order valence-corrected chi connectivity index (χ3v) is 4.61. The summed E-state index contributed by atoms with van der Waals surface area (Å²) in [5.74, 6) is 0.780. The minimum atomic E-state index is 0.749. The summed E-state index contributed by atoms with van der Waals surface area (Å²) in [6, 6.07) is 6.02. The van der Waals surface area contributed by atoms with Crippen molar-refractivity contribution in [2.45, 2.75) is 38.5 Å². The molecule has 1 heterocycles. The molecular weight excluding hydrogens is 282 g/mol. The van der Waals surface area contributed by atoms with Gasteiger partial charge in [-0.25, -0.2) is 4.98 Å². The smallest absolute Gasteiger partial charge is 0.0992 e. The quantitative estimate of drug-likeness (QED) is 0.813. The summed E-state index contributed by atoms with van der Waals surface area (Å²) in [6.07, 6.45) is 13.7. The van der Waals surface area contributed by atoms with E-state index >= 15 is 0 Å². The lowest BCUT2D eigenvalue weighted by atomic mass is 10.0. The first-order chi connectivity index (χ1) is 10.3. The SMILES string of the molecule is Clc1cccc(NCC2CCCCCC2)c1-n1ccnc1. The number of nitrogens with one attached hydrogen (secondary N) is 1. The molecule has 1 fully saturated rings. The number of benzene rings is 1. The van der Waals surface area contributed by atoms with Crippen LogP contribution in [0.15, 0.2) is 36.9 Å². The molecule has 1 aliphatic rings. The van der Waals surface area contributed by atoms with E-state index in [1.54, 1.807) is 12.5 Å². The summed E-state index contributed by atoms with van der Waals surface area (Å²) in [5.41, 5.74) is 2.08. The van der Waals surface area contributed by atoms with E-state index in [2.05, 4.69) is 16.4 Å².